The molecule has 0 aliphatic rings. The van der Waals surface area contributed by atoms with Crippen molar-refractivity contribution in [2.24, 2.45) is 11.3 Å². The van der Waals surface area contributed by atoms with E-state index >= 15 is 0 Å². The molecule has 2 nitrogen and oxygen atoms in total. The van der Waals surface area contributed by atoms with Crippen molar-refractivity contribution < 1.29 is 4.79 Å². The first-order chi connectivity index (χ1) is 9.81. The second-order valence-electron chi connectivity index (χ2n) is 7.38. The largest absolute Gasteiger partial charge is 0.352 e. The molecule has 1 atom stereocenters. The quantitative estimate of drug-likeness (QED) is 0.773. The normalized spacial score (nSPS) is 13.0. The van der Waals surface area contributed by atoms with E-state index in [9.17, 15) is 4.79 Å². The molecule has 0 aromatic heterocycles. The third-order valence-electron chi connectivity index (χ3n) is 3.63. The van der Waals surface area contributed by atoms with Gasteiger partial charge in [0.25, 0.3) is 0 Å². The Bertz CT molecular complexity index is 445. The SMILES string of the molecule is CCCC(C)CC(=O)NCc1ccccc1CC(C)(C)C. The van der Waals surface area contributed by atoms with Crippen molar-refractivity contribution in [3.63, 3.8) is 0 Å². The summed E-state index contributed by atoms with van der Waals surface area (Å²) in [7, 11) is 0. The summed E-state index contributed by atoms with van der Waals surface area (Å²) < 4.78 is 0. The minimum Gasteiger partial charge on any atom is -0.352 e. The second-order valence-corrected chi connectivity index (χ2v) is 7.38. The molecule has 0 spiro atoms. The monoisotopic (exact) mass is 289 g/mol. The van der Waals surface area contributed by atoms with Gasteiger partial charge in [-0.05, 0) is 28.9 Å². The Hall–Kier alpha value is -1.31. The fraction of sp³-hybridized carbons (Fsp3) is 0.632. The molecular formula is C19H31NO. The summed E-state index contributed by atoms with van der Waals surface area (Å²) in [4.78, 5) is 12.0. The molecule has 0 fully saturated rings. The summed E-state index contributed by atoms with van der Waals surface area (Å²) in [5.41, 5.74) is 2.84. The van der Waals surface area contributed by atoms with Crippen LogP contribution in [0.4, 0.5) is 0 Å². The fourth-order valence-corrected chi connectivity index (χ4v) is 2.65. The summed E-state index contributed by atoms with van der Waals surface area (Å²) in [6.45, 7) is 11.7. The smallest absolute Gasteiger partial charge is 0.220 e. The lowest BCUT2D eigenvalue weighted by Crippen LogP contribution is -2.25. The van der Waals surface area contributed by atoms with E-state index in [1.54, 1.807) is 0 Å². The molecule has 1 unspecified atom stereocenters. The zero-order chi connectivity index (χ0) is 15.9. The molecule has 0 radical (unpaired) electrons. The van der Waals surface area contributed by atoms with Crippen LogP contribution in [-0.2, 0) is 17.8 Å². The first kappa shape index (κ1) is 17.7. The summed E-state index contributed by atoms with van der Waals surface area (Å²) in [5.74, 6) is 0.640. The minimum absolute atomic E-state index is 0.168. The van der Waals surface area contributed by atoms with E-state index < -0.39 is 0 Å². The molecule has 1 aromatic rings. The molecule has 0 saturated carbocycles. The molecule has 0 aliphatic heterocycles. The van der Waals surface area contributed by atoms with Gasteiger partial charge in [0.2, 0.25) is 5.91 Å². The topological polar surface area (TPSA) is 29.1 Å². The third-order valence-corrected chi connectivity index (χ3v) is 3.63. The van der Waals surface area contributed by atoms with Crippen LogP contribution in [0.3, 0.4) is 0 Å². The maximum atomic E-state index is 12.0. The first-order valence-corrected chi connectivity index (χ1v) is 8.15. The number of rotatable bonds is 7. The van der Waals surface area contributed by atoms with Gasteiger partial charge in [0, 0.05) is 13.0 Å². The van der Waals surface area contributed by atoms with Gasteiger partial charge in [0.05, 0.1) is 0 Å². The van der Waals surface area contributed by atoms with Crippen LogP contribution in [0.1, 0.15) is 65.0 Å². The van der Waals surface area contributed by atoms with E-state index in [1.165, 1.54) is 11.1 Å². The Kier molecular flexibility index (Phi) is 6.94. The van der Waals surface area contributed by atoms with Gasteiger partial charge in [0.1, 0.15) is 0 Å². The number of benzene rings is 1. The van der Waals surface area contributed by atoms with Crippen LogP contribution in [0.15, 0.2) is 24.3 Å². The van der Waals surface area contributed by atoms with Crippen molar-refractivity contribution in [2.75, 3.05) is 0 Å². The molecule has 1 N–H and O–H groups in total. The van der Waals surface area contributed by atoms with Gasteiger partial charge >= 0.3 is 0 Å². The van der Waals surface area contributed by atoms with Gasteiger partial charge in [-0.1, -0.05) is 71.7 Å². The Balaban J connectivity index is 2.57. The molecule has 1 rings (SSSR count). The number of carbonyl (C=O) groups excluding carboxylic acids is 1. The van der Waals surface area contributed by atoms with Crippen molar-refractivity contribution in [1.82, 2.24) is 5.32 Å². The fourth-order valence-electron chi connectivity index (χ4n) is 2.65. The van der Waals surface area contributed by atoms with Gasteiger partial charge in [0.15, 0.2) is 0 Å². The average Bonchev–Trinajstić information content (AvgIpc) is 2.36. The molecule has 21 heavy (non-hydrogen) atoms. The lowest BCUT2D eigenvalue weighted by molar-refractivity contribution is -0.122. The lowest BCUT2D eigenvalue weighted by Gasteiger charge is -2.20. The molecule has 1 aromatic carbocycles. The molecule has 0 aliphatic carbocycles. The Labute approximate surface area is 130 Å². The highest BCUT2D eigenvalue weighted by molar-refractivity contribution is 5.76. The van der Waals surface area contributed by atoms with Gasteiger partial charge in [-0.15, -0.1) is 0 Å². The number of nitrogens with one attached hydrogen (secondary N) is 1. The van der Waals surface area contributed by atoms with E-state index in [0.717, 1.165) is 19.3 Å². The van der Waals surface area contributed by atoms with E-state index in [-0.39, 0.29) is 11.3 Å². The van der Waals surface area contributed by atoms with Crippen LogP contribution in [0, 0.1) is 11.3 Å². The maximum absolute atomic E-state index is 12.0. The highest BCUT2D eigenvalue weighted by atomic mass is 16.1. The van der Waals surface area contributed by atoms with E-state index in [1.807, 2.05) is 6.07 Å². The predicted molar refractivity (Wildman–Crippen MR) is 90.1 cm³/mol. The Morgan fingerprint density at radius 1 is 1.19 bits per heavy atom. The van der Waals surface area contributed by atoms with Crippen LogP contribution >= 0.6 is 0 Å². The zero-order valence-corrected chi connectivity index (χ0v) is 14.3. The zero-order valence-electron chi connectivity index (χ0n) is 14.3. The average molecular weight is 289 g/mol. The van der Waals surface area contributed by atoms with Crippen molar-refractivity contribution in [1.29, 1.82) is 0 Å². The highest BCUT2D eigenvalue weighted by Crippen LogP contribution is 2.23. The molecule has 0 bridgehead atoms. The molecule has 0 heterocycles. The number of hydrogen-bond donors (Lipinski definition) is 1. The molecule has 2 heteroatoms. The highest BCUT2D eigenvalue weighted by Gasteiger charge is 2.14. The van der Waals surface area contributed by atoms with Crippen LogP contribution in [0.2, 0.25) is 0 Å². The van der Waals surface area contributed by atoms with Gasteiger partial charge in [-0.25, -0.2) is 0 Å². The Morgan fingerprint density at radius 3 is 2.38 bits per heavy atom. The summed E-state index contributed by atoms with van der Waals surface area (Å²) in [5, 5.41) is 3.08. The van der Waals surface area contributed by atoms with Crippen molar-refractivity contribution in [2.45, 2.75) is 66.8 Å². The maximum Gasteiger partial charge on any atom is 0.220 e. The van der Waals surface area contributed by atoms with Crippen LogP contribution in [0.5, 0.6) is 0 Å². The standard InChI is InChI=1S/C19H31NO/c1-6-9-15(2)12-18(21)20-14-17-11-8-7-10-16(17)13-19(3,4)5/h7-8,10-11,15H,6,9,12-14H2,1-5H3,(H,20,21). The van der Waals surface area contributed by atoms with Gasteiger partial charge < -0.3 is 5.32 Å². The van der Waals surface area contributed by atoms with E-state index in [0.29, 0.717) is 18.9 Å². The van der Waals surface area contributed by atoms with E-state index in [2.05, 4.69) is 58.1 Å². The Morgan fingerprint density at radius 2 is 1.81 bits per heavy atom. The summed E-state index contributed by atoms with van der Waals surface area (Å²) in [6, 6.07) is 8.42. The summed E-state index contributed by atoms with van der Waals surface area (Å²) >= 11 is 0. The van der Waals surface area contributed by atoms with Gasteiger partial charge in [-0.2, -0.15) is 0 Å². The third kappa shape index (κ3) is 7.31. The second kappa shape index (κ2) is 8.21. The van der Waals surface area contributed by atoms with Crippen molar-refractivity contribution in [3.8, 4) is 0 Å². The number of carbonyl (C=O) groups is 1. The first-order valence-electron chi connectivity index (χ1n) is 8.15. The molecular weight excluding hydrogens is 258 g/mol. The van der Waals surface area contributed by atoms with Crippen LogP contribution < -0.4 is 5.32 Å². The van der Waals surface area contributed by atoms with Gasteiger partial charge in [-0.3, -0.25) is 4.79 Å². The van der Waals surface area contributed by atoms with Crippen molar-refractivity contribution >= 4 is 5.91 Å². The van der Waals surface area contributed by atoms with E-state index in [4.69, 9.17) is 0 Å². The molecule has 1 amide bonds. The van der Waals surface area contributed by atoms with Crippen molar-refractivity contribution in [3.05, 3.63) is 35.4 Å². The summed E-state index contributed by atoms with van der Waals surface area (Å²) in [6.07, 6.45) is 3.93. The number of amides is 1. The van der Waals surface area contributed by atoms with Crippen LogP contribution in [-0.4, -0.2) is 5.91 Å². The lowest BCUT2D eigenvalue weighted by atomic mass is 9.86. The minimum atomic E-state index is 0.168. The number of hydrogen-bond acceptors (Lipinski definition) is 1. The molecule has 0 saturated heterocycles. The van der Waals surface area contributed by atoms with Crippen LogP contribution in [0.25, 0.3) is 0 Å². The predicted octanol–water partition coefficient (Wildman–Crippen LogP) is 4.72. The molecule has 118 valence electrons.